The van der Waals surface area contributed by atoms with E-state index >= 15 is 0 Å². The van der Waals surface area contributed by atoms with E-state index in [1.165, 1.54) is 17.8 Å². The van der Waals surface area contributed by atoms with Crippen molar-refractivity contribution >= 4 is 23.4 Å². The molecule has 0 aliphatic rings. The molecular formula is C12H19F3N4OS. The first-order valence-corrected chi connectivity index (χ1v) is 7.71. The highest BCUT2D eigenvalue weighted by Gasteiger charge is 2.31. The van der Waals surface area contributed by atoms with E-state index in [4.69, 9.17) is 5.11 Å². The molecule has 0 saturated heterocycles. The summed E-state index contributed by atoms with van der Waals surface area (Å²) < 4.78 is 37.8. The van der Waals surface area contributed by atoms with Crippen molar-refractivity contribution in [3.05, 3.63) is 6.07 Å². The molecule has 0 aliphatic carbocycles. The van der Waals surface area contributed by atoms with Crippen LogP contribution >= 0.6 is 11.8 Å². The molecule has 0 radical (unpaired) electrons. The average Bonchev–Trinajstić information content (AvgIpc) is 2.43. The molecule has 0 aromatic carbocycles. The number of hydrogen-bond acceptors (Lipinski definition) is 6. The van der Waals surface area contributed by atoms with Crippen molar-refractivity contribution in [3.63, 3.8) is 0 Å². The summed E-state index contributed by atoms with van der Waals surface area (Å²) in [6, 6.07) is 1.47. The Labute approximate surface area is 126 Å². The number of nitrogens with one attached hydrogen (secondary N) is 1. The van der Waals surface area contributed by atoms with Crippen LogP contribution in [-0.4, -0.2) is 53.7 Å². The number of anilines is 2. The van der Waals surface area contributed by atoms with E-state index in [-0.39, 0.29) is 19.0 Å². The largest absolute Gasteiger partial charge is 0.405 e. The standard InChI is InChI=1S/C12H19F3N4OS/c1-3-4-16-9-7-10(18-11(17-9)21-2)19(5-6-20)8-12(13,14)15/h7,20H,3-6,8H2,1-2H3,(H,16,17,18). The molecule has 120 valence electrons. The molecule has 0 aliphatic heterocycles. The van der Waals surface area contributed by atoms with Gasteiger partial charge in [0.05, 0.1) is 6.61 Å². The van der Waals surface area contributed by atoms with Gasteiger partial charge in [-0.15, -0.1) is 0 Å². The molecule has 5 nitrogen and oxygen atoms in total. The second kappa shape index (κ2) is 8.28. The van der Waals surface area contributed by atoms with Crippen LogP contribution in [0.5, 0.6) is 0 Å². The molecule has 0 saturated carbocycles. The Morgan fingerprint density at radius 2 is 2.10 bits per heavy atom. The molecule has 0 unspecified atom stereocenters. The number of rotatable bonds is 8. The molecule has 0 atom stereocenters. The summed E-state index contributed by atoms with van der Waals surface area (Å²) in [5.74, 6) is 0.635. The molecule has 1 rings (SSSR count). The summed E-state index contributed by atoms with van der Waals surface area (Å²) in [5, 5.41) is 12.4. The zero-order chi connectivity index (χ0) is 15.9. The Hall–Kier alpha value is -1.22. The van der Waals surface area contributed by atoms with Crippen LogP contribution in [0.4, 0.5) is 24.8 Å². The highest BCUT2D eigenvalue weighted by molar-refractivity contribution is 7.98. The van der Waals surface area contributed by atoms with E-state index in [1.54, 1.807) is 6.26 Å². The number of hydrogen-bond donors (Lipinski definition) is 2. The highest BCUT2D eigenvalue weighted by Crippen LogP contribution is 2.24. The van der Waals surface area contributed by atoms with Gasteiger partial charge in [0.15, 0.2) is 5.16 Å². The first-order chi connectivity index (χ1) is 9.89. The van der Waals surface area contributed by atoms with Gasteiger partial charge in [0.2, 0.25) is 0 Å². The molecule has 1 aromatic rings. The molecule has 1 aromatic heterocycles. The van der Waals surface area contributed by atoms with Gasteiger partial charge in [-0.2, -0.15) is 13.2 Å². The van der Waals surface area contributed by atoms with E-state index in [2.05, 4.69) is 15.3 Å². The number of aromatic nitrogens is 2. The van der Waals surface area contributed by atoms with Gasteiger partial charge in [0.25, 0.3) is 0 Å². The van der Waals surface area contributed by atoms with Gasteiger partial charge in [-0.05, 0) is 12.7 Å². The van der Waals surface area contributed by atoms with Crippen LogP contribution in [0.1, 0.15) is 13.3 Å². The van der Waals surface area contributed by atoms with Gasteiger partial charge in [0, 0.05) is 19.2 Å². The monoisotopic (exact) mass is 324 g/mol. The lowest BCUT2D eigenvalue weighted by molar-refractivity contribution is -0.120. The number of alkyl halides is 3. The minimum absolute atomic E-state index is 0.141. The maximum Gasteiger partial charge on any atom is 0.405 e. The van der Waals surface area contributed by atoms with Crippen molar-refractivity contribution in [3.8, 4) is 0 Å². The predicted molar refractivity (Wildman–Crippen MR) is 77.9 cm³/mol. The van der Waals surface area contributed by atoms with Gasteiger partial charge in [0.1, 0.15) is 18.2 Å². The fourth-order valence-corrected chi connectivity index (χ4v) is 2.00. The minimum atomic E-state index is -4.36. The molecule has 0 amide bonds. The molecule has 9 heteroatoms. The highest BCUT2D eigenvalue weighted by atomic mass is 32.2. The smallest absolute Gasteiger partial charge is 0.395 e. The van der Waals surface area contributed by atoms with Crippen LogP contribution in [0.25, 0.3) is 0 Å². The zero-order valence-corrected chi connectivity index (χ0v) is 12.8. The van der Waals surface area contributed by atoms with Crippen LogP contribution in [0.2, 0.25) is 0 Å². The van der Waals surface area contributed by atoms with Crippen molar-refractivity contribution in [2.24, 2.45) is 0 Å². The molecule has 0 spiro atoms. The molecule has 0 bridgehead atoms. The fourth-order valence-electron chi connectivity index (χ4n) is 1.62. The summed E-state index contributed by atoms with van der Waals surface area (Å²) in [4.78, 5) is 9.29. The van der Waals surface area contributed by atoms with Crippen LogP contribution in [0.3, 0.4) is 0 Å². The van der Waals surface area contributed by atoms with Crippen molar-refractivity contribution in [1.82, 2.24) is 9.97 Å². The van der Waals surface area contributed by atoms with Crippen molar-refractivity contribution in [1.29, 1.82) is 0 Å². The Morgan fingerprint density at radius 3 is 2.62 bits per heavy atom. The lowest BCUT2D eigenvalue weighted by Crippen LogP contribution is -2.37. The van der Waals surface area contributed by atoms with Crippen LogP contribution in [0, 0.1) is 0 Å². The summed E-state index contributed by atoms with van der Waals surface area (Å²) in [5.41, 5.74) is 0. The lowest BCUT2D eigenvalue weighted by Gasteiger charge is -2.24. The third-order valence-electron chi connectivity index (χ3n) is 2.49. The lowest BCUT2D eigenvalue weighted by atomic mass is 10.4. The minimum Gasteiger partial charge on any atom is -0.395 e. The van der Waals surface area contributed by atoms with Gasteiger partial charge >= 0.3 is 6.18 Å². The first kappa shape index (κ1) is 17.8. The summed E-state index contributed by atoms with van der Waals surface area (Å²) in [6.07, 6.45) is -1.74. The van der Waals surface area contributed by atoms with E-state index in [0.29, 0.717) is 17.5 Å². The Morgan fingerprint density at radius 1 is 1.38 bits per heavy atom. The maximum absolute atomic E-state index is 12.6. The summed E-state index contributed by atoms with van der Waals surface area (Å²) >= 11 is 1.25. The quantitative estimate of drug-likeness (QED) is 0.565. The second-order valence-corrected chi connectivity index (χ2v) is 5.06. The predicted octanol–water partition coefficient (Wildman–Crippen LogP) is 2.38. The molecular weight excluding hydrogens is 305 g/mol. The second-order valence-electron chi connectivity index (χ2n) is 4.29. The van der Waals surface area contributed by atoms with Crippen molar-refractivity contribution in [2.45, 2.75) is 24.7 Å². The maximum atomic E-state index is 12.6. The van der Waals surface area contributed by atoms with Gasteiger partial charge < -0.3 is 15.3 Å². The Balaban J connectivity index is 3.04. The van der Waals surface area contributed by atoms with E-state index in [9.17, 15) is 13.2 Å². The van der Waals surface area contributed by atoms with Crippen LogP contribution in [0.15, 0.2) is 11.2 Å². The van der Waals surface area contributed by atoms with Crippen LogP contribution < -0.4 is 10.2 Å². The van der Waals surface area contributed by atoms with Crippen molar-refractivity contribution in [2.75, 3.05) is 42.7 Å². The Kier molecular flexibility index (Phi) is 7.03. The number of thioether (sulfide) groups is 1. The topological polar surface area (TPSA) is 61.3 Å². The first-order valence-electron chi connectivity index (χ1n) is 6.49. The van der Waals surface area contributed by atoms with E-state index in [0.717, 1.165) is 11.3 Å². The van der Waals surface area contributed by atoms with Crippen LogP contribution in [-0.2, 0) is 0 Å². The SMILES string of the molecule is CCCNc1cc(N(CCO)CC(F)(F)F)nc(SC)n1. The summed E-state index contributed by atoms with van der Waals surface area (Å²) in [6.45, 7) is 0.964. The molecule has 21 heavy (non-hydrogen) atoms. The van der Waals surface area contributed by atoms with E-state index in [1.807, 2.05) is 6.92 Å². The molecule has 0 fully saturated rings. The van der Waals surface area contributed by atoms with Gasteiger partial charge in [-0.25, -0.2) is 9.97 Å². The number of halogens is 3. The summed E-state index contributed by atoms with van der Waals surface area (Å²) in [7, 11) is 0. The van der Waals surface area contributed by atoms with Crippen molar-refractivity contribution < 1.29 is 18.3 Å². The zero-order valence-electron chi connectivity index (χ0n) is 11.9. The third kappa shape index (κ3) is 6.38. The molecule has 1 heterocycles. The fraction of sp³-hybridized carbons (Fsp3) is 0.667. The average molecular weight is 324 g/mol. The number of nitrogens with zero attached hydrogens (tertiary/aromatic N) is 3. The van der Waals surface area contributed by atoms with Gasteiger partial charge in [-0.1, -0.05) is 18.7 Å². The Bertz CT molecular complexity index is 445. The number of aliphatic hydroxyl groups excluding tert-OH is 1. The molecule has 2 N–H and O–H groups in total. The van der Waals surface area contributed by atoms with E-state index < -0.39 is 12.7 Å². The number of aliphatic hydroxyl groups is 1. The normalized spacial score (nSPS) is 11.5. The third-order valence-corrected chi connectivity index (χ3v) is 3.04. The van der Waals surface area contributed by atoms with Gasteiger partial charge in [-0.3, -0.25) is 0 Å².